The lowest BCUT2D eigenvalue weighted by Gasteiger charge is -2.42. The summed E-state index contributed by atoms with van der Waals surface area (Å²) < 4.78 is 0. The molecule has 6 nitrogen and oxygen atoms in total. The number of H-pyrrole nitrogens is 1. The van der Waals surface area contributed by atoms with E-state index in [9.17, 15) is 0 Å². The van der Waals surface area contributed by atoms with Crippen molar-refractivity contribution in [2.75, 3.05) is 23.3 Å². The van der Waals surface area contributed by atoms with E-state index in [2.05, 4.69) is 45.9 Å². The van der Waals surface area contributed by atoms with Crippen molar-refractivity contribution >= 4 is 22.9 Å². The first-order chi connectivity index (χ1) is 10.1. The van der Waals surface area contributed by atoms with E-state index in [-0.39, 0.29) is 0 Å². The number of imidazole rings is 1. The summed E-state index contributed by atoms with van der Waals surface area (Å²) in [4.78, 5) is 19.1. The van der Waals surface area contributed by atoms with Crippen LogP contribution in [-0.2, 0) is 0 Å². The minimum absolute atomic E-state index is 0.470. The molecule has 1 saturated heterocycles. The third kappa shape index (κ3) is 2.54. The van der Waals surface area contributed by atoms with Crippen molar-refractivity contribution in [3.8, 4) is 0 Å². The summed E-state index contributed by atoms with van der Waals surface area (Å²) >= 11 is 0. The molecule has 114 valence electrons. The number of aromatic nitrogens is 4. The number of hydrogen-bond acceptors (Lipinski definition) is 5. The largest absolute Gasteiger partial charge is 0.354 e. The van der Waals surface area contributed by atoms with Crippen molar-refractivity contribution in [1.82, 2.24) is 19.9 Å². The third-order valence-electron chi connectivity index (χ3n) is 4.47. The molecule has 0 aliphatic carbocycles. The van der Waals surface area contributed by atoms with Crippen LogP contribution in [0.25, 0.3) is 11.2 Å². The van der Waals surface area contributed by atoms with E-state index in [0.717, 1.165) is 30.1 Å². The molecule has 2 N–H and O–H groups in total. The van der Waals surface area contributed by atoms with Crippen LogP contribution >= 0.6 is 0 Å². The van der Waals surface area contributed by atoms with Crippen LogP contribution in [0.3, 0.4) is 0 Å². The van der Waals surface area contributed by atoms with Crippen LogP contribution in [-0.4, -0.2) is 39.1 Å². The lowest BCUT2D eigenvalue weighted by molar-refractivity contribution is 0.296. The van der Waals surface area contributed by atoms with Gasteiger partial charge in [-0.25, -0.2) is 4.98 Å². The van der Waals surface area contributed by atoms with Crippen molar-refractivity contribution in [2.24, 2.45) is 11.8 Å². The highest BCUT2D eigenvalue weighted by Crippen LogP contribution is 2.33. The number of hydrogen-bond donors (Lipinski definition) is 2. The topological polar surface area (TPSA) is 69.7 Å². The van der Waals surface area contributed by atoms with E-state index in [4.69, 9.17) is 4.98 Å². The number of rotatable bonds is 3. The van der Waals surface area contributed by atoms with E-state index in [0.29, 0.717) is 23.8 Å². The first-order valence-corrected chi connectivity index (χ1v) is 7.81. The molecule has 21 heavy (non-hydrogen) atoms. The molecule has 0 bridgehead atoms. The average Bonchev–Trinajstić information content (AvgIpc) is 2.90. The Labute approximate surface area is 125 Å². The van der Waals surface area contributed by atoms with Crippen LogP contribution in [0.15, 0.2) is 6.33 Å². The van der Waals surface area contributed by atoms with Crippen LogP contribution in [0, 0.1) is 11.8 Å². The van der Waals surface area contributed by atoms with Gasteiger partial charge < -0.3 is 15.2 Å². The molecule has 0 radical (unpaired) electrons. The maximum atomic E-state index is 4.74. The number of fused-ring (bicyclic) bond motifs is 1. The van der Waals surface area contributed by atoms with Gasteiger partial charge in [0, 0.05) is 19.1 Å². The van der Waals surface area contributed by atoms with Crippen molar-refractivity contribution in [3.63, 3.8) is 0 Å². The van der Waals surface area contributed by atoms with Gasteiger partial charge in [0.2, 0.25) is 5.95 Å². The molecule has 0 spiro atoms. The summed E-state index contributed by atoms with van der Waals surface area (Å²) in [6.07, 6.45) is 2.97. The predicted octanol–water partition coefficient (Wildman–Crippen LogP) is 2.66. The van der Waals surface area contributed by atoms with Crippen molar-refractivity contribution < 1.29 is 0 Å². The van der Waals surface area contributed by atoms with E-state index < -0.39 is 0 Å². The Kier molecular flexibility index (Phi) is 3.69. The number of nitrogens with one attached hydrogen (secondary N) is 2. The lowest BCUT2D eigenvalue weighted by atomic mass is 9.86. The molecule has 3 heterocycles. The van der Waals surface area contributed by atoms with Crippen molar-refractivity contribution in [2.45, 2.75) is 40.2 Å². The maximum Gasteiger partial charge on any atom is 0.226 e. The van der Waals surface area contributed by atoms with Gasteiger partial charge in [-0.2, -0.15) is 9.97 Å². The van der Waals surface area contributed by atoms with Crippen LogP contribution in [0.4, 0.5) is 11.8 Å². The van der Waals surface area contributed by atoms with Gasteiger partial charge in [-0.3, -0.25) is 0 Å². The highest BCUT2D eigenvalue weighted by atomic mass is 15.3. The molecule has 0 amide bonds. The van der Waals surface area contributed by atoms with E-state index in [1.54, 1.807) is 6.33 Å². The molecule has 0 saturated carbocycles. The number of nitrogens with zero attached hydrogens (tertiary/aromatic N) is 4. The van der Waals surface area contributed by atoms with Gasteiger partial charge in [0.15, 0.2) is 11.5 Å². The minimum Gasteiger partial charge on any atom is -0.354 e. The Balaban J connectivity index is 2.07. The zero-order valence-corrected chi connectivity index (χ0v) is 13.2. The highest BCUT2D eigenvalue weighted by Gasteiger charge is 2.31. The van der Waals surface area contributed by atoms with Gasteiger partial charge in [-0.05, 0) is 32.1 Å². The van der Waals surface area contributed by atoms with Crippen molar-refractivity contribution in [3.05, 3.63) is 6.33 Å². The Morgan fingerprint density at radius 2 is 2.14 bits per heavy atom. The SMILES string of the molecule is CCNc1nc(N2CC(C)CC(C)C2C)c2[nH]cnc2n1. The predicted molar refractivity (Wildman–Crippen MR) is 85.6 cm³/mol. The fraction of sp³-hybridized carbons (Fsp3) is 0.667. The summed E-state index contributed by atoms with van der Waals surface area (Å²) in [5.74, 6) is 2.96. The quantitative estimate of drug-likeness (QED) is 0.908. The molecular formula is C15H24N6. The minimum atomic E-state index is 0.470. The fourth-order valence-electron chi connectivity index (χ4n) is 3.26. The molecule has 3 atom stereocenters. The molecule has 1 aliphatic heterocycles. The molecule has 2 aromatic heterocycles. The Morgan fingerprint density at radius 1 is 1.33 bits per heavy atom. The van der Waals surface area contributed by atoms with Crippen molar-refractivity contribution in [1.29, 1.82) is 0 Å². The highest BCUT2D eigenvalue weighted by molar-refractivity contribution is 5.84. The summed E-state index contributed by atoms with van der Waals surface area (Å²) in [5, 5.41) is 3.20. The summed E-state index contributed by atoms with van der Waals surface area (Å²) in [6.45, 7) is 10.8. The Morgan fingerprint density at radius 3 is 2.90 bits per heavy atom. The summed E-state index contributed by atoms with van der Waals surface area (Å²) in [5.41, 5.74) is 1.67. The molecular weight excluding hydrogens is 264 g/mol. The lowest BCUT2D eigenvalue weighted by Crippen LogP contribution is -2.46. The monoisotopic (exact) mass is 288 g/mol. The second kappa shape index (κ2) is 5.50. The maximum absolute atomic E-state index is 4.74. The van der Waals surface area contributed by atoms with E-state index in [1.165, 1.54) is 6.42 Å². The second-order valence-electron chi connectivity index (χ2n) is 6.21. The summed E-state index contributed by atoms with van der Waals surface area (Å²) in [7, 11) is 0. The van der Waals surface area contributed by atoms with Gasteiger partial charge in [0.1, 0.15) is 5.52 Å². The van der Waals surface area contributed by atoms with Crippen LogP contribution in [0.5, 0.6) is 0 Å². The van der Waals surface area contributed by atoms with Gasteiger partial charge in [-0.15, -0.1) is 0 Å². The second-order valence-corrected chi connectivity index (χ2v) is 6.21. The standard InChI is InChI=1S/C15H24N6/c1-5-16-15-19-13-12(17-8-18-13)14(20-15)21-7-9(2)6-10(3)11(21)4/h8-11H,5-7H2,1-4H3,(H2,16,17,18,19,20). The first-order valence-electron chi connectivity index (χ1n) is 7.81. The molecule has 2 aromatic rings. The molecule has 6 heteroatoms. The van der Waals surface area contributed by atoms with Gasteiger partial charge in [0.05, 0.1) is 6.33 Å². The molecule has 0 aromatic carbocycles. The number of aromatic amines is 1. The zero-order valence-electron chi connectivity index (χ0n) is 13.2. The average molecular weight is 288 g/mol. The number of piperidine rings is 1. The van der Waals surface area contributed by atoms with Crippen LogP contribution < -0.4 is 10.2 Å². The van der Waals surface area contributed by atoms with Gasteiger partial charge in [-0.1, -0.05) is 13.8 Å². The summed E-state index contributed by atoms with van der Waals surface area (Å²) in [6, 6.07) is 0.470. The fourth-order valence-corrected chi connectivity index (χ4v) is 3.26. The number of anilines is 2. The van der Waals surface area contributed by atoms with E-state index >= 15 is 0 Å². The molecule has 1 aliphatic rings. The van der Waals surface area contributed by atoms with Gasteiger partial charge >= 0.3 is 0 Å². The van der Waals surface area contributed by atoms with Gasteiger partial charge in [0.25, 0.3) is 0 Å². The Hall–Kier alpha value is -1.85. The molecule has 3 rings (SSSR count). The molecule has 1 fully saturated rings. The first kappa shape index (κ1) is 14.1. The van der Waals surface area contributed by atoms with Crippen LogP contribution in [0.1, 0.15) is 34.1 Å². The normalized spacial score (nSPS) is 26.3. The smallest absolute Gasteiger partial charge is 0.226 e. The third-order valence-corrected chi connectivity index (χ3v) is 4.47. The Bertz CT molecular complexity index is 622. The zero-order chi connectivity index (χ0) is 15.0. The van der Waals surface area contributed by atoms with E-state index in [1.807, 2.05) is 6.92 Å². The molecule has 3 unspecified atom stereocenters. The van der Waals surface area contributed by atoms with Crippen LogP contribution in [0.2, 0.25) is 0 Å².